The van der Waals surface area contributed by atoms with Crippen molar-refractivity contribution in [2.75, 3.05) is 55.0 Å². The number of nitrogens with zero attached hydrogens (tertiary/aromatic N) is 5. The third-order valence-corrected chi connectivity index (χ3v) is 4.39. The molecule has 0 aliphatic carbocycles. The highest BCUT2D eigenvalue weighted by Crippen LogP contribution is 2.22. The molecule has 1 aromatic heterocycles. The predicted octanol–water partition coefficient (Wildman–Crippen LogP) is 2.63. The minimum Gasteiger partial charge on any atom is -0.378 e. The van der Waals surface area contributed by atoms with Crippen LogP contribution in [0.25, 0.3) is 0 Å². The van der Waals surface area contributed by atoms with Crippen LogP contribution in [-0.4, -0.2) is 50.2 Å². The van der Waals surface area contributed by atoms with E-state index in [0.717, 1.165) is 36.6 Å². The minimum absolute atomic E-state index is 0.833. The Kier molecular flexibility index (Phi) is 4.47. The van der Waals surface area contributed by atoms with Gasteiger partial charge in [0.05, 0.1) is 0 Å². The van der Waals surface area contributed by atoms with Crippen molar-refractivity contribution in [1.29, 1.82) is 0 Å². The molecule has 5 nitrogen and oxygen atoms in total. The molecule has 116 valence electrons. The Balaban J connectivity index is 1.64. The molecular formula is C16H20BrN5. The summed E-state index contributed by atoms with van der Waals surface area (Å²) in [4.78, 5) is 15.3. The summed E-state index contributed by atoms with van der Waals surface area (Å²) in [7, 11) is 4.13. The molecule has 1 aromatic carbocycles. The van der Waals surface area contributed by atoms with Crippen LogP contribution >= 0.6 is 15.9 Å². The Hall–Kier alpha value is -1.82. The van der Waals surface area contributed by atoms with E-state index < -0.39 is 0 Å². The van der Waals surface area contributed by atoms with Crippen molar-refractivity contribution in [2.45, 2.75) is 0 Å². The van der Waals surface area contributed by atoms with Crippen LogP contribution in [0.4, 0.5) is 17.2 Å². The maximum atomic E-state index is 4.35. The largest absolute Gasteiger partial charge is 0.378 e. The van der Waals surface area contributed by atoms with Gasteiger partial charge < -0.3 is 14.7 Å². The molecule has 0 unspecified atom stereocenters. The van der Waals surface area contributed by atoms with Crippen LogP contribution in [-0.2, 0) is 0 Å². The summed E-state index contributed by atoms with van der Waals surface area (Å²) < 4.78 is 0.833. The molecule has 1 saturated heterocycles. The van der Waals surface area contributed by atoms with Gasteiger partial charge in [-0.25, -0.2) is 9.97 Å². The second-order valence-corrected chi connectivity index (χ2v) is 6.40. The maximum Gasteiger partial charge on any atom is 0.133 e. The smallest absolute Gasteiger partial charge is 0.133 e. The number of hydrogen-bond donors (Lipinski definition) is 0. The zero-order valence-electron chi connectivity index (χ0n) is 12.9. The van der Waals surface area contributed by atoms with Gasteiger partial charge in [0.1, 0.15) is 16.7 Å². The summed E-state index contributed by atoms with van der Waals surface area (Å²) in [5.74, 6) is 0.990. The molecule has 0 saturated carbocycles. The van der Waals surface area contributed by atoms with E-state index in [4.69, 9.17) is 0 Å². The molecule has 22 heavy (non-hydrogen) atoms. The number of aromatic nitrogens is 2. The van der Waals surface area contributed by atoms with Crippen LogP contribution in [0.5, 0.6) is 0 Å². The summed E-state index contributed by atoms with van der Waals surface area (Å²) in [6.45, 7) is 3.95. The van der Waals surface area contributed by atoms with Crippen LogP contribution in [0.15, 0.2) is 41.3 Å². The summed E-state index contributed by atoms with van der Waals surface area (Å²) in [5.41, 5.74) is 2.52. The molecule has 0 atom stereocenters. The number of anilines is 3. The number of halogens is 1. The van der Waals surface area contributed by atoms with Crippen LogP contribution < -0.4 is 14.7 Å². The van der Waals surface area contributed by atoms with Gasteiger partial charge in [0.2, 0.25) is 0 Å². The van der Waals surface area contributed by atoms with E-state index in [1.165, 1.54) is 11.4 Å². The first kappa shape index (κ1) is 15.1. The Morgan fingerprint density at radius 3 is 2.18 bits per heavy atom. The highest BCUT2D eigenvalue weighted by atomic mass is 79.9. The molecule has 0 bridgehead atoms. The third-order valence-electron chi connectivity index (χ3n) is 3.95. The molecule has 0 spiro atoms. The van der Waals surface area contributed by atoms with Gasteiger partial charge in [-0.3, -0.25) is 0 Å². The first-order valence-corrected chi connectivity index (χ1v) is 8.17. The Labute approximate surface area is 139 Å². The van der Waals surface area contributed by atoms with E-state index in [-0.39, 0.29) is 0 Å². The first-order chi connectivity index (χ1) is 10.6. The van der Waals surface area contributed by atoms with Crippen LogP contribution in [0.3, 0.4) is 0 Å². The molecular weight excluding hydrogens is 342 g/mol. The van der Waals surface area contributed by atoms with Crippen molar-refractivity contribution in [3.63, 3.8) is 0 Å². The van der Waals surface area contributed by atoms with E-state index >= 15 is 0 Å². The number of hydrogen-bond acceptors (Lipinski definition) is 5. The molecule has 2 heterocycles. The van der Waals surface area contributed by atoms with Gasteiger partial charge in [0.15, 0.2) is 0 Å². The highest BCUT2D eigenvalue weighted by Gasteiger charge is 2.18. The summed E-state index contributed by atoms with van der Waals surface area (Å²) in [5, 5.41) is 0. The van der Waals surface area contributed by atoms with Gasteiger partial charge in [-0.15, -0.1) is 0 Å². The summed E-state index contributed by atoms with van der Waals surface area (Å²) >= 11 is 3.40. The van der Waals surface area contributed by atoms with Crippen molar-refractivity contribution in [2.24, 2.45) is 0 Å². The molecule has 0 amide bonds. The van der Waals surface area contributed by atoms with Crippen molar-refractivity contribution < 1.29 is 0 Å². The standard InChI is InChI=1S/C16H20BrN5/c1-20(2)13-3-5-14(6-4-13)21-7-9-22(10-8-21)16-11-15(17)18-12-19-16/h3-6,11-12H,7-10H2,1-2H3. The zero-order valence-corrected chi connectivity index (χ0v) is 14.5. The van der Waals surface area contributed by atoms with E-state index in [2.05, 4.69) is 79.0 Å². The van der Waals surface area contributed by atoms with Crippen LogP contribution in [0, 0.1) is 0 Å². The molecule has 6 heteroatoms. The number of piperazine rings is 1. The topological polar surface area (TPSA) is 35.5 Å². The molecule has 1 aliphatic rings. The SMILES string of the molecule is CN(C)c1ccc(N2CCN(c3cc(Br)ncn3)CC2)cc1. The van der Waals surface area contributed by atoms with Gasteiger partial charge in [-0.05, 0) is 40.2 Å². The number of rotatable bonds is 3. The van der Waals surface area contributed by atoms with Gasteiger partial charge in [-0.1, -0.05) is 0 Å². The molecule has 3 rings (SSSR count). The molecule has 0 radical (unpaired) electrons. The quantitative estimate of drug-likeness (QED) is 0.785. The normalized spacial score (nSPS) is 15.0. The summed E-state index contributed by atoms with van der Waals surface area (Å²) in [6.07, 6.45) is 1.60. The molecule has 1 fully saturated rings. The van der Waals surface area contributed by atoms with Crippen molar-refractivity contribution in [3.8, 4) is 0 Å². The lowest BCUT2D eigenvalue weighted by atomic mass is 10.2. The Bertz CT molecular complexity index is 621. The second-order valence-electron chi connectivity index (χ2n) is 5.58. The van der Waals surface area contributed by atoms with Crippen molar-refractivity contribution in [3.05, 3.63) is 41.3 Å². The fraction of sp³-hybridized carbons (Fsp3) is 0.375. The average molecular weight is 362 g/mol. The monoisotopic (exact) mass is 361 g/mol. The minimum atomic E-state index is 0.833. The lowest BCUT2D eigenvalue weighted by Crippen LogP contribution is -2.46. The van der Waals surface area contributed by atoms with E-state index in [0.29, 0.717) is 0 Å². The first-order valence-electron chi connectivity index (χ1n) is 7.38. The molecule has 2 aromatic rings. The van der Waals surface area contributed by atoms with Crippen LogP contribution in [0.1, 0.15) is 0 Å². The zero-order chi connectivity index (χ0) is 15.5. The lowest BCUT2D eigenvalue weighted by Gasteiger charge is -2.36. The fourth-order valence-electron chi connectivity index (χ4n) is 2.65. The van der Waals surface area contributed by atoms with E-state index in [9.17, 15) is 0 Å². The van der Waals surface area contributed by atoms with Crippen molar-refractivity contribution in [1.82, 2.24) is 9.97 Å². The fourth-order valence-corrected chi connectivity index (χ4v) is 2.95. The highest BCUT2D eigenvalue weighted by molar-refractivity contribution is 9.10. The third kappa shape index (κ3) is 3.32. The van der Waals surface area contributed by atoms with Gasteiger partial charge in [0, 0.05) is 57.7 Å². The molecule has 0 N–H and O–H groups in total. The second kappa shape index (κ2) is 6.52. The lowest BCUT2D eigenvalue weighted by molar-refractivity contribution is 0.646. The predicted molar refractivity (Wildman–Crippen MR) is 94.9 cm³/mol. The number of benzene rings is 1. The molecule has 1 aliphatic heterocycles. The van der Waals surface area contributed by atoms with E-state index in [1.807, 2.05) is 6.07 Å². The van der Waals surface area contributed by atoms with E-state index in [1.54, 1.807) is 6.33 Å². The summed E-state index contributed by atoms with van der Waals surface area (Å²) in [6, 6.07) is 10.7. The maximum absolute atomic E-state index is 4.35. The van der Waals surface area contributed by atoms with Gasteiger partial charge >= 0.3 is 0 Å². The Morgan fingerprint density at radius 2 is 1.59 bits per heavy atom. The Morgan fingerprint density at radius 1 is 0.955 bits per heavy atom. The van der Waals surface area contributed by atoms with Gasteiger partial charge in [0.25, 0.3) is 0 Å². The van der Waals surface area contributed by atoms with Gasteiger partial charge in [-0.2, -0.15) is 0 Å². The average Bonchev–Trinajstić information content (AvgIpc) is 2.55. The van der Waals surface area contributed by atoms with Crippen molar-refractivity contribution >= 4 is 33.1 Å². The van der Waals surface area contributed by atoms with Crippen LogP contribution in [0.2, 0.25) is 0 Å².